The highest BCUT2D eigenvalue weighted by molar-refractivity contribution is 6.14. The summed E-state index contributed by atoms with van der Waals surface area (Å²) in [6, 6.07) is 5.85. The highest BCUT2D eigenvalue weighted by Gasteiger charge is 2.18. The van der Waals surface area contributed by atoms with Gasteiger partial charge in [0.15, 0.2) is 0 Å². The molecule has 0 unspecified atom stereocenters. The fourth-order valence-corrected chi connectivity index (χ4v) is 2.15. The Bertz CT molecular complexity index is 432. The molecule has 0 aromatic heterocycles. The number of hydrogen-bond acceptors (Lipinski definition) is 1. The van der Waals surface area contributed by atoms with Crippen LogP contribution in [-0.4, -0.2) is 11.1 Å². The summed E-state index contributed by atoms with van der Waals surface area (Å²) < 4.78 is 0. The third-order valence-corrected chi connectivity index (χ3v) is 2.95. The minimum Gasteiger partial charge on any atom is -0.478 e. The Morgan fingerprint density at radius 1 is 1.40 bits per heavy atom. The molecule has 1 aliphatic rings. The van der Waals surface area contributed by atoms with Crippen LogP contribution in [0.1, 0.15) is 23.6 Å². The number of rotatable bonds is 2. The minimum atomic E-state index is -0.944. The molecule has 1 aromatic rings. The van der Waals surface area contributed by atoms with E-state index in [1.54, 1.807) is 0 Å². The van der Waals surface area contributed by atoms with Gasteiger partial charge in [0, 0.05) is 0 Å². The first-order chi connectivity index (χ1) is 7.08. The highest BCUT2D eigenvalue weighted by atomic mass is 16.4. The van der Waals surface area contributed by atoms with E-state index >= 15 is 0 Å². The highest BCUT2D eigenvalue weighted by Crippen LogP contribution is 2.28. The molecule has 78 valence electrons. The maximum absolute atomic E-state index is 10.8. The van der Waals surface area contributed by atoms with Crippen LogP contribution in [0.5, 0.6) is 0 Å². The minimum absolute atomic E-state index is 0.178. The number of benzene rings is 1. The monoisotopic (exact) mass is 202 g/mol. The zero-order valence-electron chi connectivity index (χ0n) is 8.79. The molecule has 0 saturated carbocycles. The van der Waals surface area contributed by atoms with Crippen molar-refractivity contribution >= 4 is 11.5 Å². The van der Waals surface area contributed by atoms with Crippen molar-refractivity contribution in [3.05, 3.63) is 41.5 Å². The molecular formula is C13H14O2. The second-order valence-corrected chi connectivity index (χ2v) is 4.28. The lowest BCUT2D eigenvalue weighted by atomic mass is 10.0. The summed E-state index contributed by atoms with van der Waals surface area (Å²) >= 11 is 0. The number of carboxylic acid groups (broad SMARTS) is 1. The molecule has 0 spiro atoms. The van der Waals surface area contributed by atoms with Crippen LogP contribution in [0.25, 0.3) is 5.57 Å². The topological polar surface area (TPSA) is 37.3 Å². The smallest absolute Gasteiger partial charge is 0.335 e. The lowest BCUT2D eigenvalue weighted by molar-refractivity contribution is -0.130. The Kier molecular flexibility index (Phi) is 2.35. The SMILES string of the molecule is C=C(C(=O)O)c1ccc2c(c1)C[C@@H](C)C2. The van der Waals surface area contributed by atoms with Crippen LogP contribution in [0.4, 0.5) is 0 Å². The van der Waals surface area contributed by atoms with Crippen LogP contribution in [0.2, 0.25) is 0 Å². The molecule has 15 heavy (non-hydrogen) atoms. The van der Waals surface area contributed by atoms with Crippen molar-refractivity contribution in [3.8, 4) is 0 Å². The second kappa shape index (κ2) is 3.54. The summed E-state index contributed by atoms with van der Waals surface area (Å²) in [5, 5.41) is 8.84. The molecule has 0 amide bonds. The summed E-state index contributed by atoms with van der Waals surface area (Å²) in [7, 11) is 0. The fraction of sp³-hybridized carbons (Fsp3) is 0.308. The van der Waals surface area contributed by atoms with E-state index in [0.29, 0.717) is 5.92 Å². The molecule has 0 aliphatic heterocycles. The van der Waals surface area contributed by atoms with Crippen molar-refractivity contribution in [1.82, 2.24) is 0 Å². The molecule has 0 bridgehead atoms. The lowest BCUT2D eigenvalue weighted by Gasteiger charge is -2.04. The van der Waals surface area contributed by atoms with Crippen molar-refractivity contribution in [2.45, 2.75) is 19.8 Å². The molecule has 2 rings (SSSR count). The molecule has 1 atom stereocenters. The van der Waals surface area contributed by atoms with Gasteiger partial charge >= 0.3 is 5.97 Å². The number of carboxylic acids is 1. The van der Waals surface area contributed by atoms with E-state index in [0.717, 1.165) is 18.4 Å². The van der Waals surface area contributed by atoms with E-state index in [-0.39, 0.29) is 5.57 Å². The summed E-state index contributed by atoms with van der Waals surface area (Å²) in [5.41, 5.74) is 3.54. The van der Waals surface area contributed by atoms with Crippen molar-refractivity contribution in [1.29, 1.82) is 0 Å². The lowest BCUT2D eigenvalue weighted by Crippen LogP contribution is -1.98. The van der Waals surface area contributed by atoms with Gasteiger partial charge in [-0.15, -0.1) is 0 Å². The maximum atomic E-state index is 10.8. The summed E-state index contributed by atoms with van der Waals surface area (Å²) in [6.07, 6.45) is 2.16. The van der Waals surface area contributed by atoms with Gasteiger partial charge in [-0.25, -0.2) is 4.79 Å². The number of aliphatic carboxylic acids is 1. The van der Waals surface area contributed by atoms with E-state index in [4.69, 9.17) is 5.11 Å². The van der Waals surface area contributed by atoms with Gasteiger partial charge in [-0.2, -0.15) is 0 Å². The maximum Gasteiger partial charge on any atom is 0.335 e. The van der Waals surface area contributed by atoms with Crippen LogP contribution in [0.15, 0.2) is 24.8 Å². The second-order valence-electron chi connectivity index (χ2n) is 4.28. The third-order valence-electron chi connectivity index (χ3n) is 2.95. The molecule has 2 heteroatoms. The predicted octanol–water partition coefficient (Wildman–Crippen LogP) is 2.52. The first-order valence-electron chi connectivity index (χ1n) is 5.12. The average Bonchev–Trinajstić information content (AvgIpc) is 2.55. The van der Waals surface area contributed by atoms with Gasteiger partial charge in [0.25, 0.3) is 0 Å². The van der Waals surface area contributed by atoms with E-state index in [1.165, 1.54) is 11.1 Å². The molecule has 0 fully saturated rings. The zero-order valence-corrected chi connectivity index (χ0v) is 8.79. The Labute approximate surface area is 89.2 Å². The van der Waals surface area contributed by atoms with Crippen molar-refractivity contribution in [2.24, 2.45) is 5.92 Å². The molecule has 1 N–H and O–H groups in total. The Hall–Kier alpha value is -1.57. The summed E-state index contributed by atoms with van der Waals surface area (Å²) in [6.45, 7) is 5.78. The van der Waals surface area contributed by atoms with E-state index < -0.39 is 5.97 Å². The predicted molar refractivity (Wildman–Crippen MR) is 59.7 cm³/mol. The Morgan fingerprint density at radius 2 is 2.07 bits per heavy atom. The Balaban J connectivity index is 2.35. The molecular weight excluding hydrogens is 188 g/mol. The average molecular weight is 202 g/mol. The number of carbonyl (C=O) groups is 1. The van der Waals surface area contributed by atoms with E-state index in [2.05, 4.69) is 13.5 Å². The van der Waals surface area contributed by atoms with Crippen LogP contribution < -0.4 is 0 Å². The summed E-state index contributed by atoms with van der Waals surface area (Å²) in [5.74, 6) is -0.269. The largest absolute Gasteiger partial charge is 0.478 e. The molecule has 0 saturated heterocycles. The van der Waals surface area contributed by atoms with Crippen molar-refractivity contribution in [2.75, 3.05) is 0 Å². The van der Waals surface area contributed by atoms with Crippen molar-refractivity contribution in [3.63, 3.8) is 0 Å². The van der Waals surface area contributed by atoms with Crippen LogP contribution in [-0.2, 0) is 17.6 Å². The number of hydrogen-bond donors (Lipinski definition) is 1. The zero-order chi connectivity index (χ0) is 11.0. The normalized spacial score (nSPS) is 18.6. The van der Waals surface area contributed by atoms with Gasteiger partial charge in [-0.05, 0) is 35.4 Å². The third kappa shape index (κ3) is 1.80. The first kappa shape index (κ1) is 9.97. The molecule has 2 nitrogen and oxygen atoms in total. The first-order valence-corrected chi connectivity index (χ1v) is 5.12. The fourth-order valence-electron chi connectivity index (χ4n) is 2.15. The summed E-state index contributed by atoms with van der Waals surface area (Å²) in [4.78, 5) is 10.8. The molecule has 0 radical (unpaired) electrons. The van der Waals surface area contributed by atoms with Gasteiger partial charge in [0.2, 0.25) is 0 Å². The van der Waals surface area contributed by atoms with Crippen LogP contribution in [0.3, 0.4) is 0 Å². The van der Waals surface area contributed by atoms with Gasteiger partial charge in [-0.1, -0.05) is 31.7 Å². The van der Waals surface area contributed by atoms with Gasteiger partial charge < -0.3 is 5.11 Å². The van der Waals surface area contributed by atoms with E-state index in [1.807, 2.05) is 18.2 Å². The molecule has 0 heterocycles. The molecule has 1 aromatic carbocycles. The van der Waals surface area contributed by atoms with Gasteiger partial charge in [0.1, 0.15) is 0 Å². The standard InChI is InChI=1S/C13H14O2/c1-8-5-11-4-3-10(7-12(11)6-8)9(2)13(14)15/h3-4,7-8H,2,5-6H2,1H3,(H,14,15)/t8-/m0/s1. The van der Waals surface area contributed by atoms with Crippen LogP contribution in [0, 0.1) is 5.92 Å². The van der Waals surface area contributed by atoms with Gasteiger partial charge in [-0.3, -0.25) is 0 Å². The van der Waals surface area contributed by atoms with E-state index in [9.17, 15) is 4.79 Å². The van der Waals surface area contributed by atoms with Crippen molar-refractivity contribution < 1.29 is 9.90 Å². The van der Waals surface area contributed by atoms with Gasteiger partial charge in [0.05, 0.1) is 5.57 Å². The number of fused-ring (bicyclic) bond motifs is 1. The Morgan fingerprint density at radius 3 is 2.73 bits per heavy atom. The van der Waals surface area contributed by atoms with Crippen LogP contribution >= 0.6 is 0 Å². The quantitative estimate of drug-likeness (QED) is 0.748. The molecule has 1 aliphatic carbocycles.